The van der Waals surface area contributed by atoms with Gasteiger partial charge in [-0.15, -0.1) is 5.10 Å². The molecule has 26 heavy (non-hydrogen) atoms. The molecular weight excluding hydrogens is 337 g/mol. The second-order valence-corrected chi connectivity index (χ2v) is 5.43. The highest BCUT2D eigenvalue weighted by molar-refractivity contribution is 5.98. The Balaban J connectivity index is 1.54. The van der Waals surface area contributed by atoms with Gasteiger partial charge in [0.15, 0.2) is 0 Å². The Kier molecular flexibility index (Phi) is 5.43. The van der Waals surface area contributed by atoms with Gasteiger partial charge in [-0.25, -0.2) is 18.9 Å². The van der Waals surface area contributed by atoms with Crippen LogP contribution in [0.5, 0.6) is 5.75 Å². The van der Waals surface area contributed by atoms with E-state index in [1.54, 1.807) is 41.1 Å². The Morgan fingerprint density at radius 1 is 1.12 bits per heavy atom. The molecule has 1 heterocycles. The number of halogens is 1. The van der Waals surface area contributed by atoms with E-state index in [4.69, 9.17) is 4.74 Å². The van der Waals surface area contributed by atoms with E-state index < -0.39 is 6.03 Å². The second kappa shape index (κ2) is 8.11. The molecule has 3 rings (SSSR count). The summed E-state index contributed by atoms with van der Waals surface area (Å²) in [6.07, 6.45) is 1.50. The summed E-state index contributed by atoms with van der Waals surface area (Å²) in [5, 5.41) is 9.42. The standard InChI is InChI=1S/C18H18FN5O2/c1-2-26-16-9-7-15(8-10-16)21-18(25)22-17-20-12-24(23-17)11-13-3-5-14(19)6-4-13/h3-10,12H,2,11H2,1H3,(H2,21,22,23,25). The van der Waals surface area contributed by atoms with Crippen LogP contribution in [0.4, 0.5) is 20.8 Å². The molecular formula is C18H18FN5O2. The Bertz CT molecular complexity index is 862. The number of carbonyl (C=O) groups excluding carboxylic acids is 1. The largest absolute Gasteiger partial charge is 0.494 e. The van der Waals surface area contributed by atoms with E-state index in [-0.39, 0.29) is 11.8 Å². The van der Waals surface area contributed by atoms with E-state index in [1.165, 1.54) is 18.5 Å². The molecule has 0 aliphatic rings. The number of urea groups is 1. The number of benzene rings is 2. The first kappa shape index (κ1) is 17.4. The van der Waals surface area contributed by atoms with Gasteiger partial charge < -0.3 is 10.1 Å². The minimum Gasteiger partial charge on any atom is -0.494 e. The van der Waals surface area contributed by atoms with Crippen LogP contribution in [0.15, 0.2) is 54.9 Å². The fourth-order valence-corrected chi connectivity index (χ4v) is 2.27. The summed E-state index contributed by atoms with van der Waals surface area (Å²) in [5.74, 6) is 0.621. The van der Waals surface area contributed by atoms with Gasteiger partial charge in [0, 0.05) is 5.69 Å². The van der Waals surface area contributed by atoms with E-state index in [2.05, 4.69) is 20.7 Å². The zero-order valence-electron chi connectivity index (χ0n) is 14.1. The van der Waals surface area contributed by atoms with Crippen molar-refractivity contribution in [2.45, 2.75) is 13.5 Å². The molecule has 2 aromatic carbocycles. The lowest BCUT2D eigenvalue weighted by Crippen LogP contribution is -2.20. The number of nitrogens with zero attached hydrogens (tertiary/aromatic N) is 3. The predicted molar refractivity (Wildman–Crippen MR) is 95.8 cm³/mol. The fourth-order valence-electron chi connectivity index (χ4n) is 2.27. The Labute approximate surface area is 149 Å². The molecule has 1 aromatic heterocycles. The molecule has 0 bridgehead atoms. The maximum absolute atomic E-state index is 12.9. The third kappa shape index (κ3) is 4.79. The molecule has 2 amide bonds. The summed E-state index contributed by atoms with van der Waals surface area (Å²) in [6, 6.07) is 12.7. The van der Waals surface area contributed by atoms with E-state index in [9.17, 15) is 9.18 Å². The Morgan fingerprint density at radius 3 is 2.54 bits per heavy atom. The predicted octanol–water partition coefficient (Wildman–Crippen LogP) is 3.51. The van der Waals surface area contributed by atoms with Gasteiger partial charge in [-0.2, -0.15) is 0 Å². The van der Waals surface area contributed by atoms with Gasteiger partial charge >= 0.3 is 6.03 Å². The molecule has 0 unspecified atom stereocenters. The fraction of sp³-hybridized carbons (Fsp3) is 0.167. The molecule has 0 spiro atoms. The molecule has 0 fully saturated rings. The van der Waals surface area contributed by atoms with Crippen LogP contribution in [0.3, 0.4) is 0 Å². The molecule has 7 nitrogen and oxygen atoms in total. The number of hydrogen-bond donors (Lipinski definition) is 2. The van der Waals surface area contributed by atoms with Crippen molar-refractivity contribution in [2.75, 3.05) is 17.2 Å². The molecule has 134 valence electrons. The number of hydrogen-bond acceptors (Lipinski definition) is 4. The summed E-state index contributed by atoms with van der Waals surface area (Å²) >= 11 is 0. The van der Waals surface area contributed by atoms with Gasteiger partial charge in [0.25, 0.3) is 0 Å². The van der Waals surface area contributed by atoms with Gasteiger partial charge in [0.2, 0.25) is 5.95 Å². The summed E-state index contributed by atoms with van der Waals surface area (Å²) in [6.45, 7) is 2.91. The molecule has 0 aliphatic carbocycles. The van der Waals surface area contributed by atoms with Crippen LogP contribution < -0.4 is 15.4 Å². The lowest BCUT2D eigenvalue weighted by Gasteiger charge is -2.07. The average Bonchev–Trinajstić information content (AvgIpc) is 3.05. The van der Waals surface area contributed by atoms with E-state index >= 15 is 0 Å². The molecule has 0 saturated carbocycles. The van der Waals surface area contributed by atoms with Crippen molar-refractivity contribution in [3.8, 4) is 5.75 Å². The highest BCUT2D eigenvalue weighted by atomic mass is 19.1. The molecule has 0 saturated heterocycles. The number of nitrogens with one attached hydrogen (secondary N) is 2. The van der Waals surface area contributed by atoms with Gasteiger partial charge in [-0.1, -0.05) is 12.1 Å². The second-order valence-electron chi connectivity index (χ2n) is 5.43. The maximum Gasteiger partial charge on any atom is 0.326 e. The lowest BCUT2D eigenvalue weighted by atomic mass is 10.2. The monoisotopic (exact) mass is 355 g/mol. The minimum absolute atomic E-state index is 0.176. The molecule has 0 aliphatic heterocycles. The van der Waals surface area contributed by atoms with Crippen LogP contribution in [0.25, 0.3) is 0 Å². The molecule has 0 radical (unpaired) electrons. The highest BCUT2D eigenvalue weighted by Crippen LogP contribution is 2.15. The van der Waals surface area contributed by atoms with Crippen LogP contribution in [0, 0.1) is 5.82 Å². The molecule has 0 atom stereocenters. The van der Waals surface area contributed by atoms with Crippen molar-refractivity contribution in [2.24, 2.45) is 0 Å². The van der Waals surface area contributed by atoms with Crippen molar-refractivity contribution >= 4 is 17.7 Å². The molecule has 8 heteroatoms. The summed E-state index contributed by atoms with van der Waals surface area (Å²) in [7, 11) is 0. The number of carbonyl (C=O) groups is 1. The van der Waals surface area contributed by atoms with E-state index in [0.717, 1.165) is 11.3 Å². The maximum atomic E-state index is 12.9. The third-order valence-corrected chi connectivity index (χ3v) is 3.44. The van der Waals surface area contributed by atoms with Gasteiger partial charge in [-0.3, -0.25) is 5.32 Å². The van der Waals surface area contributed by atoms with Crippen LogP contribution in [0.2, 0.25) is 0 Å². The van der Waals surface area contributed by atoms with Gasteiger partial charge in [0.1, 0.15) is 17.9 Å². The zero-order chi connectivity index (χ0) is 18.4. The van der Waals surface area contributed by atoms with Crippen molar-refractivity contribution in [3.05, 3.63) is 66.2 Å². The van der Waals surface area contributed by atoms with Crippen molar-refractivity contribution in [1.82, 2.24) is 14.8 Å². The number of anilines is 2. The number of rotatable bonds is 6. The van der Waals surface area contributed by atoms with Crippen LogP contribution in [-0.2, 0) is 6.54 Å². The van der Waals surface area contributed by atoms with Crippen molar-refractivity contribution < 1.29 is 13.9 Å². The van der Waals surface area contributed by atoms with Gasteiger partial charge in [-0.05, 0) is 48.9 Å². The molecule has 2 N–H and O–H groups in total. The van der Waals surface area contributed by atoms with Gasteiger partial charge in [0.05, 0.1) is 13.2 Å². The number of aromatic nitrogens is 3. The van der Waals surface area contributed by atoms with Crippen molar-refractivity contribution in [1.29, 1.82) is 0 Å². The topological polar surface area (TPSA) is 81.1 Å². The quantitative estimate of drug-likeness (QED) is 0.709. The van der Waals surface area contributed by atoms with Crippen LogP contribution in [0.1, 0.15) is 12.5 Å². The van der Waals surface area contributed by atoms with Crippen LogP contribution in [-0.4, -0.2) is 27.4 Å². The first-order valence-corrected chi connectivity index (χ1v) is 8.07. The third-order valence-electron chi connectivity index (χ3n) is 3.44. The Morgan fingerprint density at radius 2 is 1.85 bits per heavy atom. The summed E-state index contributed by atoms with van der Waals surface area (Å²) in [4.78, 5) is 16.0. The first-order chi connectivity index (χ1) is 12.6. The summed E-state index contributed by atoms with van der Waals surface area (Å²) < 4.78 is 19.8. The number of amides is 2. The SMILES string of the molecule is CCOc1ccc(NC(=O)Nc2ncn(Cc3ccc(F)cc3)n2)cc1. The highest BCUT2D eigenvalue weighted by Gasteiger charge is 2.07. The first-order valence-electron chi connectivity index (χ1n) is 8.07. The zero-order valence-corrected chi connectivity index (χ0v) is 14.1. The van der Waals surface area contributed by atoms with E-state index in [0.29, 0.717) is 18.8 Å². The average molecular weight is 355 g/mol. The Hall–Kier alpha value is -3.42. The minimum atomic E-state index is -0.450. The van der Waals surface area contributed by atoms with E-state index in [1.807, 2.05) is 6.92 Å². The lowest BCUT2D eigenvalue weighted by molar-refractivity contribution is 0.262. The normalized spacial score (nSPS) is 10.4. The molecule has 3 aromatic rings. The van der Waals surface area contributed by atoms with Crippen molar-refractivity contribution in [3.63, 3.8) is 0 Å². The summed E-state index contributed by atoms with van der Waals surface area (Å²) in [5.41, 5.74) is 1.50. The van der Waals surface area contributed by atoms with Crippen LogP contribution >= 0.6 is 0 Å². The smallest absolute Gasteiger partial charge is 0.326 e. The number of ether oxygens (including phenoxy) is 1.